The van der Waals surface area contributed by atoms with Crippen molar-refractivity contribution >= 4 is 5.82 Å². The van der Waals surface area contributed by atoms with Gasteiger partial charge < -0.3 is 5.32 Å². The van der Waals surface area contributed by atoms with Crippen molar-refractivity contribution in [3.63, 3.8) is 0 Å². The van der Waals surface area contributed by atoms with Crippen LogP contribution in [-0.4, -0.2) is 17.0 Å². The number of anilines is 1. The minimum Gasteiger partial charge on any atom is -0.373 e. The van der Waals surface area contributed by atoms with E-state index in [0.29, 0.717) is 5.92 Å². The molecule has 1 aromatic heterocycles. The molecule has 0 aromatic carbocycles. The summed E-state index contributed by atoms with van der Waals surface area (Å²) < 4.78 is 0. The van der Waals surface area contributed by atoms with Crippen molar-refractivity contribution in [2.75, 3.05) is 12.4 Å². The monoisotopic (exact) mass is 177 g/mol. The van der Waals surface area contributed by atoms with Crippen molar-refractivity contribution in [1.29, 1.82) is 0 Å². The molecule has 2 rings (SSSR count). The molecule has 0 unspecified atom stereocenters. The first-order valence-electron chi connectivity index (χ1n) is 4.90. The minimum absolute atomic E-state index is 0.676. The summed E-state index contributed by atoms with van der Waals surface area (Å²) in [4.78, 5) is 8.43. The first-order valence-corrected chi connectivity index (χ1v) is 4.90. The number of nitrogens with zero attached hydrogens (tertiary/aromatic N) is 2. The highest BCUT2D eigenvalue weighted by Crippen LogP contribution is 2.33. The van der Waals surface area contributed by atoms with Crippen molar-refractivity contribution in [3.05, 3.63) is 18.1 Å². The van der Waals surface area contributed by atoms with Gasteiger partial charge >= 0.3 is 0 Å². The highest BCUT2D eigenvalue weighted by molar-refractivity contribution is 5.34. The lowest BCUT2D eigenvalue weighted by atomic mass is 10.0. The fraction of sp³-hybridized carbons (Fsp3) is 0.600. The van der Waals surface area contributed by atoms with Crippen LogP contribution in [0.15, 0.2) is 12.4 Å². The second kappa shape index (κ2) is 3.73. The van der Waals surface area contributed by atoms with Gasteiger partial charge in [-0.15, -0.1) is 0 Å². The van der Waals surface area contributed by atoms with Crippen LogP contribution in [0.3, 0.4) is 0 Å². The molecule has 70 valence electrons. The molecule has 1 fully saturated rings. The first-order chi connectivity index (χ1) is 6.40. The molecule has 3 heteroatoms. The van der Waals surface area contributed by atoms with Crippen molar-refractivity contribution in [3.8, 4) is 0 Å². The summed E-state index contributed by atoms with van der Waals surface area (Å²) in [5.41, 5.74) is 1.21. The summed E-state index contributed by atoms with van der Waals surface area (Å²) in [6, 6.07) is 2.07. The molecule has 13 heavy (non-hydrogen) atoms. The van der Waals surface area contributed by atoms with E-state index < -0.39 is 0 Å². The van der Waals surface area contributed by atoms with E-state index in [1.54, 1.807) is 6.33 Å². The maximum Gasteiger partial charge on any atom is 0.129 e. The summed E-state index contributed by atoms with van der Waals surface area (Å²) in [5.74, 6) is 1.60. The van der Waals surface area contributed by atoms with Crippen LogP contribution in [0.25, 0.3) is 0 Å². The van der Waals surface area contributed by atoms with Gasteiger partial charge in [-0.3, -0.25) is 0 Å². The maximum atomic E-state index is 4.32. The zero-order chi connectivity index (χ0) is 9.10. The SMILES string of the molecule is CNc1cc(C2CCCC2)ncn1. The van der Waals surface area contributed by atoms with E-state index in [1.807, 2.05) is 7.05 Å². The van der Waals surface area contributed by atoms with Gasteiger partial charge in [-0.2, -0.15) is 0 Å². The van der Waals surface area contributed by atoms with E-state index in [2.05, 4.69) is 21.4 Å². The van der Waals surface area contributed by atoms with Crippen molar-refractivity contribution in [2.24, 2.45) is 0 Å². The lowest BCUT2D eigenvalue weighted by Crippen LogP contribution is -2.00. The van der Waals surface area contributed by atoms with Crippen molar-refractivity contribution in [2.45, 2.75) is 31.6 Å². The lowest BCUT2D eigenvalue weighted by Gasteiger charge is -2.08. The molecule has 1 aliphatic carbocycles. The number of hydrogen-bond donors (Lipinski definition) is 1. The smallest absolute Gasteiger partial charge is 0.129 e. The van der Waals surface area contributed by atoms with Gasteiger partial charge in [0.05, 0.1) is 0 Å². The summed E-state index contributed by atoms with van der Waals surface area (Å²) in [6.45, 7) is 0. The molecule has 3 nitrogen and oxygen atoms in total. The Labute approximate surface area is 78.6 Å². The molecule has 0 spiro atoms. The Morgan fingerprint density at radius 1 is 1.31 bits per heavy atom. The number of nitrogens with one attached hydrogen (secondary N) is 1. The number of hydrogen-bond acceptors (Lipinski definition) is 3. The second-order valence-corrected chi connectivity index (χ2v) is 3.56. The summed E-state index contributed by atoms with van der Waals surface area (Å²) in [6.07, 6.45) is 6.94. The molecule has 1 heterocycles. The van der Waals surface area contributed by atoms with Crippen LogP contribution < -0.4 is 5.32 Å². The molecule has 0 radical (unpaired) electrons. The van der Waals surface area contributed by atoms with E-state index in [0.717, 1.165) is 5.82 Å². The second-order valence-electron chi connectivity index (χ2n) is 3.56. The molecule has 1 aliphatic rings. The Balaban J connectivity index is 2.18. The number of rotatable bonds is 2. The average Bonchev–Trinajstić information content (AvgIpc) is 2.71. The topological polar surface area (TPSA) is 37.8 Å². The van der Waals surface area contributed by atoms with Gasteiger partial charge in [0.25, 0.3) is 0 Å². The van der Waals surface area contributed by atoms with Crippen LogP contribution in [0.5, 0.6) is 0 Å². The van der Waals surface area contributed by atoms with Crippen molar-refractivity contribution < 1.29 is 0 Å². The van der Waals surface area contributed by atoms with Gasteiger partial charge in [0.2, 0.25) is 0 Å². The summed E-state index contributed by atoms with van der Waals surface area (Å²) >= 11 is 0. The Morgan fingerprint density at radius 3 is 2.77 bits per heavy atom. The summed E-state index contributed by atoms with van der Waals surface area (Å²) in [7, 11) is 1.89. The molecule has 1 aromatic rings. The van der Waals surface area contributed by atoms with Crippen molar-refractivity contribution in [1.82, 2.24) is 9.97 Å². The Hall–Kier alpha value is -1.12. The third kappa shape index (κ3) is 1.79. The van der Waals surface area contributed by atoms with Gasteiger partial charge in [-0.05, 0) is 12.8 Å². The molecule has 1 saturated carbocycles. The van der Waals surface area contributed by atoms with E-state index >= 15 is 0 Å². The van der Waals surface area contributed by atoms with Gasteiger partial charge in [0, 0.05) is 24.7 Å². The fourth-order valence-electron chi connectivity index (χ4n) is 1.95. The van der Waals surface area contributed by atoms with Gasteiger partial charge in [-0.25, -0.2) is 9.97 Å². The van der Waals surface area contributed by atoms with E-state index in [9.17, 15) is 0 Å². The average molecular weight is 177 g/mol. The van der Waals surface area contributed by atoms with Gasteiger partial charge in [0.15, 0.2) is 0 Å². The molecule has 0 atom stereocenters. The van der Waals surface area contributed by atoms with Gasteiger partial charge in [0.1, 0.15) is 12.1 Å². The third-order valence-electron chi connectivity index (χ3n) is 2.72. The Morgan fingerprint density at radius 2 is 2.08 bits per heavy atom. The largest absolute Gasteiger partial charge is 0.373 e. The Kier molecular flexibility index (Phi) is 2.43. The molecular formula is C10H15N3. The molecule has 0 saturated heterocycles. The van der Waals surface area contributed by atoms with Gasteiger partial charge in [-0.1, -0.05) is 12.8 Å². The first kappa shape index (κ1) is 8.48. The standard InChI is InChI=1S/C10H15N3/c1-11-10-6-9(12-7-13-10)8-4-2-3-5-8/h6-8H,2-5H2,1H3,(H,11,12,13). The van der Waals surface area contributed by atoms with Crippen LogP contribution in [0.2, 0.25) is 0 Å². The normalized spacial score (nSPS) is 17.6. The maximum absolute atomic E-state index is 4.32. The third-order valence-corrected chi connectivity index (χ3v) is 2.72. The predicted octanol–water partition coefficient (Wildman–Crippen LogP) is 2.18. The molecular weight excluding hydrogens is 162 g/mol. The van der Waals surface area contributed by atoms with Crippen LogP contribution in [0.4, 0.5) is 5.82 Å². The quantitative estimate of drug-likeness (QED) is 0.752. The van der Waals surface area contributed by atoms with E-state index in [4.69, 9.17) is 0 Å². The zero-order valence-electron chi connectivity index (χ0n) is 7.95. The molecule has 0 bridgehead atoms. The predicted molar refractivity (Wildman–Crippen MR) is 52.8 cm³/mol. The van der Waals surface area contributed by atoms with E-state index in [1.165, 1.54) is 31.4 Å². The molecule has 1 N–H and O–H groups in total. The Bertz CT molecular complexity index is 279. The molecule has 0 aliphatic heterocycles. The highest BCUT2D eigenvalue weighted by atomic mass is 15.0. The number of aromatic nitrogens is 2. The fourth-order valence-corrected chi connectivity index (χ4v) is 1.95. The van der Waals surface area contributed by atoms with Crippen LogP contribution in [-0.2, 0) is 0 Å². The zero-order valence-corrected chi connectivity index (χ0v) is 7.95. The van der Waals surface area contributed by atoms with E-state index in [-0.39, 0.29) is 0 Å². The van der Waals surface area contributed by atoms with Crippen LogP contribution >= 0.6 is 0 Å². The summed E-state index contributed by atoms with van der Waals surface area (Å²) in [5, 5.41) is 3.04. The molecule has 0 amide bonds. The van der Waals surface area contributed by atoms with Crippen LogP contribution in [0.1, 0.15) is 37.3 Å². The minimum atomic E-state index is 0.676. The lowest BCUT2D eigenvalue weighted by molar-refractivity contribution is 0.694. The van der Waals surface area contributed by atoms with Crippen LogP contribution in [0, 0.1) is 0 Å². The highest BCUT2D eigenvalue weighted by Gasteiger charge is 2.18.